The molecule has 0 fully saturated rings. The Morgan fingerprint density at radius 3 is 1.78 bits per heavy atom. The van der Waals surface area contributed by atoms with Crippen LogP contribution >= 0.6 is 0 Å². The van der Waals surface area contributed by atoms with E-state index in [4.69, 9.17) is 5.11 Å². The molecule has 0 aromatic heterocycles. The van der Waals surface area contributed by atoms with Crippen molar-refractivity contribution in [2.75, 3.05) is 18.5 Å². The molecule has 136 valence electrons. The number of hydrogen-bond donors (Lipinski definition) is 2. The zero-order valence-electron chi connectivity index (χ0n) is 14.4. The predicted octanol–water partition coefficient (Wildman–Crippen LogP) is 5.08. The van der Waals surface area contributed by atoms with Crippen molar-refractivity contribution in [2.45, 2.75) is 0 Å². The SMILES string of the molecule is O=[N+]([O-])c1ccc(-c2ccc(N=Nc3ccc(NCCO)cc3)cc2)cc1. The average molecular weight is 362 g/mol. The monoisotopic (exact) mass is 362 g/mol. The molecule has 3 aromatic rings. The van der Waals surface area contributed by atoms with Gasteiger partial charge in [-0.2, -0.15) is 10.2 Å². The van der Waals surface area contributed by atoms with E-state index in [1.807, 2.05) is 48.5 Å². The van der Waals surface area contributed by atoms with Gasteiger partial charge in [0.25, 0.3) is 5.69 Å². The molecule has 0 spiro atoms. The molecule has 0 heterocycles. The molecule has 0 amide bonds. The smallest absolute Gasteiger partial charge is 0.269 e. The molecule has 7 nitrogen and oxygen atoms in total. The van der Waals surface area contributed by atoms with Crippen LogP contribution < -0.4 is 5.32 Å². The number of aliphatic hydroxyl groups excluding tert-OH is 1. The largest absolute Gasteiger partial charge is 0.395 e. The highest BCUT2D eigenvalue weighted by Crippen LogP contribution is 2.26. The second-order valence-electron chi connectivity index (χ2n) is 5.75. The number of benzene rings is 3. The zero-order valence-corrected chi connectivity index (χ0v) is 14.4. The van der Waals surface area contributed by atoms with Crippen LogP contribution in [0.5, 0.6) is 0 Å². The first kappa shape index (κ1) is 18.2. The summed E-state index contributed by atoms with van der Waals surface area (Å²) in [6, 6.07) is 21.3. The molecule has 3 aromatic carbocycles. The Labute approximate surface area is 156 Å². The first-order valence-electron chi connectivity index (χ1n) is 8.37. The van der Waals surface area contributed by atoms with Gasteiger partial charge in [-0.25, -0.2) is 0 Å². The summed E-state index contributed by atoms with van der Waals surface area (Å²) in [4.78, 5) is 10.3. The summed E-state index contributed by atoms with van der Waals surface area (Å²) in [5.41, 5.74) is 4.27. The van der Waals surface area contributed by atoms with Crippen molar-refractivity contribution in [1.82, 2.24) is 0 Å². The number of nitro groups is 1. The zero-order chi connectivity index (χ0) is 19.1. The summed E-state index contributed by atoms with van der Waals surface area (Å²) in [5, 5.41) is 31.0. The van der Waals surface area contributed by atoms with Gasteiger partial charge in [-0.15, -0.1) is 0 Å². The van der Waals surface area contributed by atoms with Crippen molar-refractivity contribution in [3.8, 4) is 11.1 Å². The molecule has 0 saturated heterocycles. The highest BCUT2D eigenvalue weighted by molar-refractivity contribution is 5.66. The quantitative estimate of drug-likeness (QED) is 0.348. The third-order valence-corrected chi connectivity index (χ3v) is 3.87. The van der Waals surface area contributed by atoms with E-state index in [2.05, 4.69) is 15.5 Å². The van der Waals surface area contributed by atoms with Crippen molar-refractivity contribution in [1.29, 1.82) is 0 Å². The lowest BCUT2D eigenvalue weighted by Crippen LogP contribution is -2.04. The Hall–Kier alpha value is -3.58. The van der Waals surface area contributed by atoms with E-state index in [-0.39, 0.29) is 12.3 Å². The highest BCUT2D eigenvalue weighted by Gasteiger charge is 2.05. The number of nitrogens with zero attached hydrogens (tertiary/aromatic N) is 3. The van der Waals surface area contributed by atoms with Gasteiger partial charge in [0, 0.05) is 24.4 Å². The van der Waals surface area contributed by atoms with Crippen molar-refractivity contribution < 1.29 is 10.0 Å². The van der Waals surface area contributed by atoms with Crippen LogP contribution in [-0.4, -0.2) is 23.2 Å². The number of rotatable bonds is 7. The van der Waals surface area contributed by atoms with E-state index < -0.39 is 4.92 Å². The molecule has 0 radical (unpaired) electrons. The van der Waals surface area contributed by atoms with E-state index in [0.29, 0.717) is 12.2 Å². The standard InChI is InChI=1S/C20H18N4O3/c25-14-13-21-17-7-9-19(10-8-17)23-22-18-5-1-15(2-6-18)16-3-11-20(12-4-16)24(26)27/h1-12,21,25H,13-14H2. The van der Waals surface area contributed by atoms with Crippen LogP contribution in [0.1, 0.15) is 0 Å². The van der Waals surface area contributed by atoms with Gasteiger partial charge in [0.05, 0.1) is 22.9 Å². The third kappa shape index (κ3) is 4.96. The van der Waals surface area contributed by atoms with Gasteiger partial charge in [-0.05, 0) is 59.7 Å². The molecule has 0 aliphatic carbocycles. The predicted molar refractivity (Wildman–Crippen MR) is 105 cm³/mol. The maximum atomic E-state index is 10.7. The van der Waals surface area contributed by atoms with Gasteiger partial charge in [-0.1, -0.05) is 12.1 Å². The lowest BCUT2D eigenvalue weighted by Gasteiger charge is -2.03. The average Bonchev–Trinajstić information content (AvgIpc) is 2.72. The van der Waals surface area contributed by atoms with Crippen molar-refractivity contribution >= 4 is 22.7 Å². The fraction of sp³-hybridized carbons (Fsp3) is 0.100. The van der Waals surface area contributed by atoms with Gasteiger partial charge in [0.2, 0.25) is 0 Å². The second-order valence-corrected chi connectivity index (χ2v) is 5.75. The molecule has 27 heavy (non-hydrogen) atoms. The molecule has 0 bridgehead atoms. The number of non-ortho nitro benzene ring substituents is 1. The topological polar surface area (TPSA) is 100 Å². The summed E-state index contributed by atoms with van der Waals surface area (Å²) in [5.74, 6) is 0. The van der Waals surface area contributed by atoms with Crippen LogP contribution in [-0.2, 0) is 0 Å². The molecule has 0 saturated carbocycles. The number of nitro benzene ring substituents is 1. The summed E-state index contributed by atoms with van der Waals surface area (Å²) < 4.78 is 0. The minimum atomic E-state index is -0.414. The number of nitrogens with one attached hydrogen (secondary N) is 1. The van der Waals surface area contributed by atoms with E-state index in [0.717, 1.165) is 22.5 Å². The first-order valence-corrected chi connectivity index (χ1v) is 8.37. The second kappa shape index (κ2) is 8.68. The first-order chi connectivity index (χ1) is 13.2. The number of aliphatic hydroxyl groups is 1. The molecule has 0 aliphatic heterocycles. The number of hydrogen-bond acceptors (Lipinski definition) is 6. The molecule has 0 atom stereocenters. The Balaban J connectivity index is 1.66. The highest BCUT2D eigenvalue weighted by atomic mass is 16.6. The van der Waals surface area contributed by atoms with Gasteiger partial charge >= 0.3 is 0 Å². The van der Waals surface area contributed by atoms with Gasteiger partial charge in [0.15, 0.2) is 0 Å². The van der Waals surface area contributed by atoms with Crippen LogP contribution in [0.2, 0.25) is 0 Å². The summed E-state index contributed by atoms with van der Waals surface area (Å²) >= 11 is 0. The summed E-state index contributed by atoms with van der Waals surface area (Å²) in [6.07, 6.45) is 0. The number of anilines is 1. The van der Waals surface area contributed by atoms with Gasteiger partial charge in [0.1, 0.15) is 0 Å². The molecule has 7 heteroatoms. The van der Waals surface area contributed by atoms with Crippen LogP contribution in [0.3, 0.4) is 0 Å². The molecular formula is C20H18N4O3. The van der Waals surface area contributed by atoms with Crippen molar-refractivity contribution in [3.05, 3.63) is 82.9 Å². The van der Waals surface area contributed by atoms with Gasteiger partial charge < -0.3 is 10.4 Å². The fourth-order valence-corrected chi connectivity index (χ4v) is 2.46. The van der Waals surface area contributed by atoms with E-state index in [9.17, 15) is 10.1 Å². The summed E-state index contributed by atoms with van der Waals surface area (Å²) in [6.45, 7) is 0.583. The van der Waals surface area contributed by atoms with E-state index in [1.165, 1.54) is 12.1 Å². The molecular weight excluding hydrogens is 344 g/mol. The Bertz CT molecular complexity index is 921. The third-order valence-electron chi connectivity index (χ3n) is 3.87. The normalized spacial score (nSPS) is 10.9. The summed E-state index contributed by atoms with van der Waals surface area (Å²) in [7, 11) is 0. The lowest BCUT2D eigenvalue weighted by atomic mass is 10.1. The van der Waals surface area contributed by atoms with Crippen LogP contribution in [0.15, 0.2) is 83.0 Å². The van der Waals surface area contributed by atoms with E-state index >= 15 is 0 Å². The maximum Gasteiger partial charge on any atom is 0.269 e. The fourth-order valence-electron chi connectivity index (χ4n) is 2.46. The molecule has 0 unspecified atom stereocenters. The molecule has 3 rings (SSSR count). The Kier molecular flexibility index (Phi) is 5.86. The number of azo groups is 1. The van der Waals surface area contributed by atoms with Gasteiger partial charge in [-0.3, -0.25) is 10.1 Å². The minimum Gasteiger partial charge on any atom is -0.395 e. The van der Waals surface area contributed by atoms with E-state index in [1.54, 1.807) is 12.1 Å². The minimum absolute atomic E-state index is 0.0711. The Morgan fingerprint density at radius 2 is 1.30 bits per heavy atom. The lowest BCUT2D eigenvalue weighted by molar-refractivity contribution is -0.384. The van der Waals surface area contributed by atoms with Crippen molar-refractivity contribution in [3.63, 3.8) is 0 Å². The molecule has 2 N–H and O–H groups in total. The van der Waals surface area contributed by atoms with Crippen molar-refractivity contribution in [2.24, 2.45) is 10.2 Å². The maximum absolute atomic E-state index is 10.7. The van der Waals surface area contributed by atoms with Crippen LogP contribution in [0, 0.1) is 10.1 Å². The van der Waals surface area contributed by atoms with Crippen LogP contribution in [0.4, 0.5) is 22.7 Å². The molecule has 0 aliphatic rings. The Morgan fingerprint density at radius 1 is 0.815 bits per heavy atom. The van der Waals surface area contributed by atoms with Crippen LogP contribution in [0.25, 0.3) is 11.1 Å².